The lowest BCUT2D eigenvalue weighted by Gasteiger charge is -2.08. The SMILES string of the molecule is COc1ccc(-c2noc(CNc3cc(C)ccc3C)n2)c(OC)c1. The van der Waals surface area contributed by atoms with Crippen molar-refractivity contribution in [3.05, 3.63) is 53.4 Å². The van der Waals surface area contributed by atoms with Crippen LogP contribution in [-0.2, 0) is 6.54 Å². The summed E-state index contributed by atoms with van der Waals surface area (Å²) < 4.78 is 16.0. The molecule has 1 heterocycles. The second-order valence-electron chi connectivity index (χ2n) is 5.75. The van der Waals surface area contributed by atoms with E-state index in [1.807, 2.05) is 12.1 Å². The minimum atomic E-state index is 0.454. The molecule has 3 aromatic rings. The van der Waals surface area contributed by atoms with Crippen LogP contribution >= 0.6 is 0 Å². The number of methoxy groups -OCH3 is 2. The van der Waals surface area contributed by atoms with Gasteiger partial charge in [-0.25, -0.2) is 0 Å². The van der Waals surface area contributed by atoms with E-state index >= 15 is 0 Å². The number of benzene rings is 2. The third kappa shape index (κ3) is 3.74. The fourth-order valence-corrected chi connectivity index (χ4v) is 2.52. The summed E-state index contributed by atoms with van der Waals surface area (Å²) in [5.41, 5.74) is 4.18. The number of aromatic nitrogens is 2. The molecule has 0 aliphatic carbocycles. The zero-order valence-corrected chi connectivity index (χ0v) is 14.8. The van der Waals surface area contributed by atoms with Crippen LogP contribution in [0.5, 0.6) is 11.5 Å². The molecule has 2 aromatic carbocycles. The lowest BCUT2D eigenvalue weighted by atomic mass is 10.1. The van der Waals surface area contributed by atoms with Gasteiger partial charge in [0.1, 0.15) is 11.5 Å². The molecular formula is C19H21N3O3. The maximum atomic E-state index is 5.39. The molecule has 0 amide bonds. The summed E-state index contributed by atoms with van der Waals surface area (Å²) in [4.78, 5) is 4.45. The fraction of sp³-hybridized carbons (Fsp3) is 0.263. The van der Waals surface area contributed by atoms with Gasteiger partial charge in [-0.15, -0.1) is 0 Å². The van der Waals surface area contributed by atoms with E-state index in [-0.39, 0.29) is 0 Å². The number of hydrogen-bond acceptors (Lipinski definition) is 6. The fourth-order valence-electron chi connectivity index (χ4n) is 2.52. The first-order valence-electron chi connectivity index (χ1n) is 7.97. The van der Waals surface area contributed by atoms with Gasteiger partial charge in [0.05, 0.1) is 26.3 Å². The topological polar surface area (TPSA) is 69.4 Å². The number of anilines is 1. The molecule has 0 atom stereocenters. The minimum Gasteiger partial charge on any atom is -0.497 e. The predicted octanol–water partition coefficient (Wildman–Crippen LogP) is 3.98. The van der Waals surface area contributed by atoms with Gasteiger partial charge in [-0.3, -0.25) is 0 Å². The number of hydrogen-bond donors (Lipinski definition) is 1. The molecule has 0 bridgehead atoms. The summed E-state index contributed by atoms with van der Waals surface area (Å²) in [7, 11) is 3.21. The van der Waals surface area contributed by atoms with Gasteiger partial charge < -0.3 is 19.3 Å². The first kappa shape index (κ1) is 16.8. The molecule has 0 spiro atoms. The van der Waals surface area contributed by atoms with Gasteiger partial charge in [0.15, 0.2) is 0 Å². The second kappa shape index (κ2) is 7.25. The standard InChI is InChI=1S/C19H21N3O3/c1-12-5-6-13(2)16(9-12)20-11-18-21-19(22-25-18)15-8-7-14(23-3)10-17(15)24-4/h5-10,20H,11H2,1-4H3. The summed E-state index contributed by atoms with van der Waals surface area (Å²) in [6.07, 6.45) is 0. The van der Waals surface area contributed by atoms with Crippen molar-refractivity contribution in [3.63, 3.8) is 0 Å². The van der Waals surface area contributed by atoms with Crippen molar-refractivity contribution in [2.45, 2.75) is 20.4 Å². The van der Waals surface area contributed by atoms with E-state index in [0.29, 0.717) is 29.8 Å². The van der Waals surface area contributed by atoms with Crippen molar-refractivity contribution >= 4 is 5.69 Å². The highest BCUT2D eigenvalue weighted by Gasteiger charge is 2.14. The average Bonchev–Trinajstić information content (AvgIpc) is 3.10. The zero-order valence-electron chi connectivity index (χ0n) is 14.8. The van der Waals surface area contributed by atoms with E-state index in [4.69, 9.17) is 14.0 Å². The highest BCUT2D eigenvalue weighted by Crippen LogP contribution is 2.31. The Balaban J connectivity index is 1.77. The molecule has 1 aromatic heterocycles. The molecule has 130 valence electrons. The molecule has 6 nitrogen and oxygen atoms in total. The van der Waals surface area contributed by atoms with E-state index in [1.165, 1.54) is 11.1 Å². The lowest BCUT2D eigenvalue weighted by Crippen LogP contribution is -2.01. The molecule has 0 aliphatic rings. The summed E-state index contributed by atoms with van der Waals surface area (Å²) in [5.74, 6) is 2.33. The van der Waals surface area contributed by atoms with Gasteiger partial charge in [-0.1, -0.05) is 17.3 Å². The van der Waals surface area contributed by atoms with Crippen molar-refractivity contribution in [2.75, 3.05) is 19.5 Å². The summed E-state index contributed by atoms with van der Waals surface area (Å²) in [5, 5.41) is 7.39. The molecule has 25 heavy (non-hydrogen) atoms. The monoisotopic (exact) mass is 339 g/mol. The third-order valence-corrected chi connectivity index (χ3v) is 3.94. The molecule has 0 unspecified atom stereocenters. The third-order valence-electron chi connectivity index (χ3n) is 3.94. The molecule has 0 radical (unpaired) electrons. The van der Waals surface area contributed by atoms with Crippen LogP contribution in [0.3, 0.4) is 0 Å². The van der Waals surface area contributed by atoms with Crippen molar-refractivity contribution in [1.29, 1.82) is 0 Å². The van der Waals surface area contributed by atoms with E-state index in [0.717, 1.165) is 11.3 Å². The van der Waals surface area contributed by atoms with E-state index in [9.17, 15) is 0 Å². The maximum absolute atomic E-state index is 5.39. The van der Waals surface area contributed by atoms with Crippen molar-refractivity contribution < 1.29 is 14.0 Å². The second-order valence-corrected chi connectivity index (χ2v) is 5.75. The zero-order chi connectivity index (χ0) is 17.8. The van der Waals surface area contributed by atoms with Gasteiger partial charge in [-0.2, -0.15) is 4.98 Å². The van der Waals surface area contributed by atoms with E-state index in [2.05, 4.69) is 47.5 Å². The first-order valence-corrected chi connectivity index (χ1v) is 7.97. The molecular weight excluding hydrogens is 318 g/mol. The van der Waals surface area contributed by atoms with Crippen LogP contribution in [0.2, 0.25) is 0 Å². The highest BCUT2D eigenvalue weighted by molar-refractivity contribution is 5.65. The quantitative estimate of drug-likeness (QED) is 0.732. The first-order chi connectivity index (χ1) is 12.1. The smallest absolute Gasteiger partial charge is 0.246 e. The Bertz CT molecular complexity index is 874. The minimum absolute atomic E-state index is 0.454. The molecule has 3 rings (SSSR count). The van der Waals surface area contributed by atoms with Crippen molar-refractivity contribution in [1.82, 2.24) is 10.1 Å². The summed E-state index contributed by atoms with van der Waals surface area (Å²) in [6, 6.07) is 11.7. The van der Waals surface area contributed by atoms with Crippen LogP contribution in [0.25, 0.3) is 11.4 Å². The van der Waals surface area contributed by atoms with Crippen LogP contribution in [0.4, 0.5) is 5.69 Å². The van der Waals surface area contributed by atoms with Gasteiger partial charge in [0, 0.05) is 11.8 Å². The van der Waals surface area contributed by atoms with Crippen LogP contribution in [-0.4, -0.2) is 24.4 Å². The molecule has 0 fully saturated rings. The number of nitrogens with zero attached hydrogens (tertiary/aromatic N) is 2. The Labute approximate surface area is 146 Å². The highest BCUT2D eigenvalue weighted by atomic mass is 16.5. The van der Waals surface area contributed by atoms with Gasteiger partial charge >= 0.3 is 0 Å². The Morgan fingerprint density at radius 1 is 1.04 bits per heavy atom. The Morgan fingerprint density at radius 2 is 1.88 bits per heavy atom. The Morgan fingerprint density at radius 3 is 2.64 bits per heavy atom. The molecule has 0 aliphatic heterocycles. The van der Waals surface area contributed by atoms with Gasteiger partial charge in [-0.05, 0) is 43.2 Å². The Kier molecular flexibility index (Phi) is 4.88. The number of ether oxygens (including phenoxy) is 2. The Hall–Kier alpha value is -3.02. The molecule has 0 saturated carbocycles. The number of rotatable bonds is 6. The van der Waals surface area contributed by atoms with Crippen LogP contribution in [0, 0.1) is 13.8 Å². The normalized spacial score (nSPS) is 10.6. The van der Waals surface area contributed by atoms with Crippen molar-refractivity contribution in [3.8, 4) is 22.9 Å². The number of nitrogens with one attached hydrogen (secondary N) is 1. The molecule has 6 heteroatoms. The maximum Gasteiger partial charge on any atom is 0.246 e. The number of aryl methyl sites for hydroxylation is 2. The van der Waals surface area contributed by atoms with Crippen LogP contribution in [0.15, 0.2) is 40.9 Å². The van der Waals surface area contributed by atoms with Crippen LogP contribution in [0.1, 0.15) is 17.0 Å². The van der Waals surface area contributed by atoms with Gasteiger partial charge in [0.2, 0.25) is 11.7 Å². The molecule has 1 N–H and O–H groups in total. The van der Waals surface area contributed by atoms with E-state index < -0.39 is 0 Å². The van der Waals surface area contributed by atoms with Crippen molar-refractivity contribution in [2.24, 2.45) is 0 Å². The van der Waals surface area contributed by atoms with Gasteiger partial charge in [0.25, 0.3) is 0 Å². The summed E-state index contributed by atoms with van der Waals surface area (Å²) >= 11 is 0. The van der Waals surface area contributed by atoms with E-state index in [1.54, 1.807) is 20.3 Å². The molecule has 0 saturated heterocycles. The van der Waals surface area contributed by atoms with Crippen LogP contribution < -0.4 is 14.8 Å². The summed E-state index contributed by atoms with van der Waals surface area (Å²) in [6.45, 7) is 4.57. The lowest BCUT2D eigenvalue weighted by molar-refractivity contribution is 0.382. The average molecular weight is 339 g/mol. The predicted molar refractivity (Wildman–Crippen MR) is 96.1 cm³/mol. The largest absolute Gasteiger partial charge is 0.497 e.